The van der Waals surface area contributed by atoms with Gasteiger partial charge in [0.1, 0.15) is 9.84 Å². The van der Waals surface area contributed by atoms with Crippen LogP contribution in [-0.4, -0.2) is 33.5 Å². The van der Waals surface area contributed by atoms with Gasteiger partial charge >= 0.3 is 0 Å². The predicted molar refractivity (Wildman–Crippen MR) is 86.6 cm³/mol. The Bertz CT molecular complexity index is 384. The number of rotatable bonds is 6. The Hall–Kier alpha value is -0.0900. The molecule has 0 spiro atoms. The van der Waals surface area contributed by atoms with Gasteiger partial charge in [-0.3, -0.25) is 0 Å². The lowest BCUT2D eigenvalue weighted by Gasteiger charge is -2.42. The van der Waals surface area contributed by atoms with Crippen LogP contribution in [0.2, 0.25) is 0 Å². The van der Waals surface area contributed by atoms with Crippen LogP contribution in [0.5, 0.6) is 0 Å². The summed E-state index contributed by atoms with van der Waals surface area (Å²) >= 11 is 0. The summed E-state index contributed by atoms with van der Waals surface area (Å²) in [5.74, 6) is 2.57. The van der Waals surface area contributed by atoms with Crippen molar-refractivity contribution in [2.75, 3.05) is 25.1 Å². The minimum absolute atomic E-state index is 0.277. The highest BCUT2D eigenvalue weighted by Crippen LogP contribution is 2.43. The van der Waals surface area contributed by atoms with Gasteiger partial charge in [0.2, 0.25) is 0 Å². The summed E-state index contributed by atoms with van der Waals surface area (Å²) in [6, 6.07) is 0. The smallest absolute Gasteiger partial charge is 0.150 e. The summed E-state index contributed by atoms with van der Waals surface area (Å²) in [5.41, 5.74) is 0.340. The van der Waals surface area contributed by atoms with Gasteiger partial charge in [0.25, 0.3) is 0 Å². The van der Waals surface area contributed by atoms with Crippen LogP contribution in [0.3, 0.4) is 0 Å². The lowest BCUT2D eigenvalue weighted by molar-refractivity contribution is 0.0964. The highest BCUT2D eigenvalue weighted by molar-refractivity contribution is 7.91. The first-order chi connectivity index (χ1) is 9.19. The van der Waals surface area contributed by atoms with Crippen molar-refractivity contribution in [2.24, 2.45) is 23.2 Å². The second kappa shape index (κ2) is 7.26. The molecule has 0 aliphatic heterocycles. The molecule has 0 aromatic rings. The van der Waals surface area contributed by atoms with Crippen LogP contribution in [0.25, 0.3) is 0 Å². The third-order valence-corrected chi connectivity index (χ3v) is 6.81. The molecule has 3 nitrogen and oxygen atoms in total. The molecule has 1 saturated carbocycles. The third kappa shape index (κ3) is 5.36. The highest BCUT2D eigenvalue weighted by Gasteiger charge is 2.35. The Labute approximate surface area is 125 Å². The second-order valence-corrected chi connectivity index (χ2v) is 9.95. The molecule has 20 heavy (non-hydrogen) atoms. The summed E-state index contributed by atoms with van der Waals surface area (Å²) in [5, 5.41) is 3.28. The molecule has 0 saturated heterocycles. The Kier molecular flexibility index (Phi) is 6.52. The van der Waals surface area contributed by atoms with E-state index >= 15 is 0 Å². The molecular weight excluding hydrogens is 270 g/mol. The maximum Gasteiger partial charge on any atom is 0.150 e. The van der Waals surface area contributed by atoms with Gasteiger partial charge in [0.05, 0.1) is 5.75 Å². The van der Waals surface area contributed by atoms with Gasteiger partial charge in [-0.2, -0.15) is 0 Å². The molecule has 1 rings (SSSR count). The average Bonchev–Trinajstić information content (AvgIpc) is 2.36. The maximum absolute atomic E-state index is 11.8. The van der Waals surface area contributed by atoms with Crippen molar-refractivity contribution in [2.45, 2.75) is 53.4 Å². The normalized spacial score (nSPS) is 28.6. The Balaban J connectivity index is 2.69. The summed E-state index contributed by atoms with van der Waals surface area (Å²) in [6.45, 7) is 9.72. The monoisotopic (exact) mass is 303 g/mol. The van der Waals surface area contributed by atoms with Crippen molar-refractivity contribution < 1.29 is 8.42 Å². The van der Waals surface area contributed by atoms with Crippen LogP contribution < -0.4 is 5.32 Å². The van der Waals surface area contributed by atoms with E-state index in [4.69, 9.17) is 0 Å². The van der Waals surface area contributed by atoms with Crippen LogP contribution in [-0.2, 0) is 9.84 Å². The van der Waals surface area contributed by atoms with Crippen LogP contribution in [0.4, 0.5) is 0 Å². The van der Waals surface area contributed by atoms with Gasteiger partial charge in [-0.25, -0.2) is 8.42 Å². The molecular formula is C16H33NO2S. The Morgan fingerprint density at radius 2 is 1.80 bits per heavy atom. The topological polar surface area (TPSA) is 46.2 Å². The standard InChI is InChI=1S/C16H33NO2S/c1-6-20(18,19)10-9-13-11-15(16(2,3)4)8-7-14(13)12-17-5/h13-15,17H,6-12H2,1-5H3. The number of hydrogen-bond donors (Lipinski definition) is 1. The highest BCUT2D eigenvalue weighted by atomic mass is 32.2. The fourth-order valence-electron chi connectivity index (χ4n) is 3.47. The number of nitrogens with one attached hydrogen (secondary N) is 1. The van der Waals surface area contributed by atoms with Crippen LogP contribution in [0.1, 0.15) is 53.4 Å². The van der Waals surface area contributed by atoms with E-state index in [2.05, 4.69) is 26.1 Å². The van der Waals surface area contributed by atoms with Crippen LogP contribution in [0, 0.1) is 23.2 Å². The molecule has 3 unspecified atom stereocenters. The summed E-state index contributed by atoms with van der Waals surface area (Å²) in [7, 11) is -0.835. The van der Waals surface area contributed by atoms with Crippen molar-refractivity contribution in [3.05, 3.63) is 0 Å². The van der Waals surface area contributed by atoms with Crippen molar-refractivity contribution in [3.8, 4) is 0 Å². The van der Waals surface area contributed by atoms with E-state index in [1.165, 1.54) is 19.3 Å². The number of sulfone groups is 1. The number of hydrogen-bond acceptors (Lipinski definition) is 3. The Morgan fingerprint density at radius 3 is 2.30 bits per heavy atom. The van der Waals surface area contributed by atoms with Gasteiger partial charge in [0.15, 0.2) is 0 Å². The fraction of sp³-hybridized carbons (Fsp3) is 1.00. The average molecular weight is 304 g/mol. The molecule has 0 heterocycles. The van der Waals surface area contributed by atoms with E-state index in [1.54, 1.807) is 6.92 Å². The lowest BCUT2D eigenvalue weighted by Crippen LogP contribution is -2.36. The van der Waals surface area contributed by atoms with Gasteiger partial charge in [-0.05, 0) is 62.4 Å². The van der Waals surface area contributed by atoms with Gasteiger partial charge in [-0.1, -0.05) is 27.7 Å². The third-order valence-electron chi connectivity index (χ3n) is 5.07. The maximum atomic E-state index is 11.8. The molecule has 0 radical (unpaired) electrons. The van der Waals surface area contributed by atoms with Gasteiger partial charge < -0.3 is 5.32 Å². The molecule has 1 fully saturated rings. The molecule has 1 N–H and O–H groups in total. The molecule has 4 heteroatoms. The zero-order chi connectivity index (χ0) is 15.4. The molecule has 0 aromatic carbocycles. The molecule has 1 aliphatic rings. The van der Waals surface area contributed by atoms with E-state index in [0.29, 0.717) is 23.0 Å². The summed E-state index contributed by atoms with van der Waals surface area (Å²) in [4.78, 5) is 0. The Morgan fingerprint density at radius 1 is 1.15 bits per heavy atom. The van der Waals surface area contributed by atoms with E-state index in [1.807, 2.05) is 7.05 Å². The fourth-order valence-corrected chi connectivity index (χ4v) is 4.42. The van der Waals surface area contributed by atoms with Gasteiger partial charge in [0, 0.05) is 5.75 Å². The first kappa shape index (κ1) is 18.0. The first-order valence-corrected chi connectivity index (χ1v) is 9.86. The van der Waals surface area contributed by atoms with Crippen molar-refractivity contribution >= 4 is 9.84 Å². The van der Waals surface area contributed by atoms with Gasteiger partial charge in [-0.15, -0.1) is 0 Å². The first-order valence-electron chi connectivity index (χ1n) is 8.04. The minimum atomic E-state index is -2.83. The van der Waals surface area contributed by atoms with Crippen LogP contribution in [0.15, 0.2) is 0 Å². The molecule has 0 amide bonds. The van der Waals surface area contributed by atoms with E-state index in [-0.39, 0.29) is 5.75 Å². The largest absolute Gasteiger partial charge is 0.319 e. The molecule has 0 aromatic heterocycles. The molecule has 0 bridgehead atoms. The van der Waals surface area contributed by atoms with Crippen molar-refractivity contribution in [1.29, 1.82) is 0 Å². The van der Waals surface area contributed by atoms with Crippen molar-refractivity contribution in [1.82, 2.24) is 5.32 Å². The lowest BCUT2D eigenvalue weighted by atomic mass is 9.65. The van der Waals surface area contributed by atoms with E-state index in [9.17, 15) is 8.42 Å². The zero-order valence-electron chi connectivity index (χ0n) is 13.9. The minimum Gasteiger partial charge on any atom is -0.319 e. The van der Waals surface area contributed by atoms with Crippen LogP contribution >= 0.6 is 0 Å². The molecule has 3 atom stereocenters. The molecule has 1 aliphatic carbocycles. The second-order valence-electron chi connectivity index (χ2n) is 7.48. The quantitative estimate of drug-likeness (QED) is 0.820. The van der Waals surface area contributed by atoms with E-state index in [0.717, 1.165) is 18.9 Å². The van der Waals surface area contributed by atoms with Crippen molar-refractivity contribution in [3.63, 3.8) is 0 Å². The summed E-state index contributed by atoms with van der Waals surface area (Å²) < 4.78 is 23.5. The SMILES string of the molecule is CCS(=O)(=O)CCC1CC(C(C)(C)C)CCC1CNC. The predicted octanol–water partition coefficient (Wildman–Crippen LogP) is 3.11. The molecule has 120 valence electrons. The summed E-state index contributed by atoms with van der Waals surface area (Å²) in [6.07, 6.45) is 4.55. The zero-order valence-corrected chi connectivity index (χ0v) is 14.7. The van der Waals surface area contributed by atoms with E-state index < -0.39 is 9.84 Å².